The Kier molecular flexibility index (Phi) is 7.30. The number of piperidine rings is 1. The lowest BCUT2D eigenvalue weighted by atomic mass is 10.0. The van der Waals surface area contributed by atoms with Crippen LogP contribution in [0.25, 0.3) is 0 Å². The fourth-order valence-corrected chi connectivity index (χ4v) is 5.77. The van der Waals surface area contributed by atoms with Crippen LogP contribution in [-0.2, 0) is 4.79 Å². The van der Waals surface area contributed by atoms with Gasteiger partial charge in [0.15, 0.2) is 0 Å². The molecule has 1 aromatic heterocycles. The van der Waals surface area contributed by atoms with Crippen LogP contribution in [0.4, 0.5) is 5.69 Å². The molecule has 2 aliphatic rings. The first-order valence-corrected chi connectivity index (χ1v) is 12.9. The second-order valence-electron chi connectivity index (χ2n) is 8.07. The van der Waals surface area contributed by atoms with E-state index in [-0.39, 0.29) is 11.9 Å². The van der Waals surface area contributed by atoms with Gasteiger partial charge in [0, 0.05) is 39.3 Å². The van der Waals surface area contributed by atoms with Crippen LogP contribution in [0.2, 0.25) is 0 Å². The molecule has 0 radical (unpaired) electrons. The molecule has 1 atom stereocenters. The lowest BCUT2D eigenvalue weighted by molar-refractivity contribution is -0.130. The summed E-state index contributed by atoms with van der Waals surface area (Å²) in [6.07, 6.45) is 4.36. The molecule has 0 unspecified atom stereocenters. The maximum Gasteiger partial charge on any atom is 0.253 e. The zero-order valence-corrected chi connectivity index (χ0v) is 20.4. The summed E-state index contributed by atoms with van der Waals surface area (Å²) in [7, 11) is 4.06. The highest BCUT2D eigenvalue weighted by Crippen LogP contribution is 2.35. The number of hydrogen-bond acceptors (Lipinski definition) is 6. The Labute approximate surface area is 198 Å². The van der Waals surface area contributed by atoms with Crippen LogP contribution in [0.1, 0.15) is 42.2 Å². The number of hydrazone groups is 1. The fraction of sp³-hybridized carbons (Fsp3) is 0.435. The van der Waals surface area contributed by atoms with Gasteiger partial charge in [-0.3, -0.25) is 4.79 Å². The highest BCUT2D eigenvalue weighted by Gasteiger charge is 2.33. The largest absolute Gasteiger partial charge is 0.378 e. The first-order chi connectivity index (χ1) is 15.0. The molecule has 31 heavy (non-hydrogen) atoms. The Morgan fingerprint density at radius 3 is 2.58 bits per heavy atom. The quantitative estimate of drug-likeness (QED) is 0.573. The minimum atomic E-state index is -0.0787. The molecule has 0 bridgehead atoms. The van der Waals surface area contributed by atoms with Crippen molar-refractivity contribution in [1.29, 1.82) is 0 Å². The number of anilines is 1. The van der Waals surface area contributed by atoms with Gasteiger partial charge in [-0.2, -0.15) is 5.10 Å². The standard InChI is InChI=1S/C23H28N4OS3/c1-25(2)18-10-8-17(9-11-18)20-15-19(21-7-6-14-30-21)24-27(20)22(28)16-31-23(29)26-12-4-3-5-13-26/h6-11,14,20H,3-5,12-13,15-16H2,1-2H3/t20-/m0/s1. The van der Waals surface area contributed by atoms with Crippen LogP contribution in [0.5, 0.6) is 0 Å². The molecule has 164 valence electrons. The second-order valence-corrected chi connectivity index (χ2v) is 10.6. The molecule has 1 saturated heterocycles. The van der Waals surface area contributed by atoms with Crippen molar-refractivity contribution in [3.63, 3.8) is 0 Å². The van der Waals surface area contributed by atoms with E-state index in [9.17, 15) is 4.79 Å². The Bertz CT molecular complexity index is 934. The third-order valence-electron chi connectivity index (χ3n) is 5.70. The van der Waals surface area contributed by atoms with Gasteiger partial charge >= 0.3 is 0 Å². The van der Waals surface area contributed by atoms with Crippen molar-refractivity contribution < 1.29 is 4.79 Å². The molecule has 1 fully saturated rings. The minimum absolute atomic E-state index is 0.0117. The number of thioether (sulfide) groups is 1. The van der Waals surface area contributed by atoms with Crippen LogP contribution < -0.4 is 4.90 Å². The molecule has 0 aliphatic carbocycles. The zero-order valence-electron chi connectivity index (χ0n) is 18.0. The van der Waals surface area contributed by atoms with Crippen LogP contribution in [0, 0.1) is 0 Å². The van der Waals surface area contributed by atoms with Crippen molar-refractivity contribution in [2.24, 2.45) is 5.10 Å². The summed E-state index contributed by atoms with van der Waals surface area (Å²) in [6.45, 7) is 2.01. The SMILES string of the molecule is CN(C)c1ccc([C@@H]2CC(c3cccs3)=NN2C(=O)CSC(=S)N2CCCCC2)cc1. The molecule has 5 nitrogen and oxygen atoms in total. The molecule has 3 heterocycles. The number of carbonyl (C=O) groups is 1. The number of nitrogens with zero attached hydrogens (tertiary/aromatic N) is 4. The molecule has 0 N–H and O–H groups in total. The molecular formula is C23H28N4OS3. The highest BCUT2D eigenvalue weighted by molar-refractivity contribution is 8.23. The van der Waals surface area contributed by atoms with Gasteiger partial charge in [-0.15, -0.1) is 11.3 Å². The summed E-state index contributed by atoms with van der Waals surface area (Å²) in [6, 6.07) is 12.4. The Morgan fingerprint density at radius 1 is 1.19 bits per heavy atom. The maximum absolute atomic E-state index is 13.2. The monoisotopic (exact) mass is 472 g/mol. The van der Waals surface area contributed by atoms with Crippen molar-refractivity contribution in [3.05, 3.63) is 52.2 Å². The van der Waals surface area contributed by atoms with Gasteiger partial charge in [0.05, 0.1) is 22.4 Å². The number of benzene rings is 1. The van der Waals surface area contributed by atoms with E-state index < -0.39 is 0 Å². The van der Waals surface area contributed by atoms with Gasteiger partial charge in [-0.05, 0) is 48.4 Å². The van der Waals surface area contributed by atoms with Gasteiger partial charge in [-0.25, -0.2) is 5.01 Å². The maximum atomic E-state index is 13.2. The van der Waals surface area contributed by atoms with E-state index in [1.165, 1.54) is 31.0 Å². The third kappa shape index (κ3) is 5.30. The molecular weight excluding hydrogens is 444 g/mol. The van der Waals surface area contributed by atoms with E-state index >= 15 is 0 Å². The number of carbonyl (C=O) groups excluding carboxylic acids is 1. The van der Waals surface area contributed by atoms with Gasteiger partial charge < -0.3 is 9.80 Å². The van der Waals surface area contributed by atoms with Crippen LogP contribution in [0.3, 0.4) is 0 Å². The van der Waals surface area contributed by atoms with Gasteiger partial charge in [0.2, 0.25) is 0 Å². The van der Waals surface area contributed by atoms with E-state index in [0.29, 0.717) is 5.75 Å². The summed E-state index contributed by atoms with van der Waals surface area (Å²) in [5.41, 5.74) is 3.23. The van der Waals surface area contributed by atoms with Gasteiger partial charge in [0.25, 0.3) is 5.91 Å². The molecule has 0 saturated carbocycles. The van der Waals surface area contributed by atoms with Gasteiger partial charge in [0.1, 0.15) is 4.32 Å². The summed E-state index contributed by atoms with van der Waals surface area (Å²) in [5, 5.41) is 8.50. The van der Waals surface area contributed by atoms with E-state index in [1.807, 2.05) is 20.2 Å². The first-order valence-electron chi connectivity index (χ1n) is 10.7. The molecule has 4 rings (SSSR count). The second kappa shape index (κ2) is 10.1. The van der Waals surface area contributed by atoms with E-state index in [0.717, 1.165) is 45.7 Å². The molecule has 0 spiro atoms. The number of likely N-dealkylation sites (tertiary alicyclic amines) is 1. The highest BCUT2D eigenvalue weighted by atomic mass is 32.2. The predicted molar refractivity (Wildman–Crippen MR) is 136 cm³/mol. The Balaban J connectivity index is 1.49. The van der Waals surface area contributed by atoms with Crippen LogP contribution in [-0.4, -0.2) is 58.8 Å². The Morgan fingerprint density at radius 2 is 1.94 bits per heavy atom. The topological polar surface area (TPSA) is 39.1 Å². The molecule has 2 aliphatic heterocycles. The lowest BCUT2D eigenvalue weighted by Gasteiger charge is -2.29. The van der Waals surface area contributed by atoms with E-state index in [4.69, 9.17) is 17.3 Å². The fourth-order valence-electron chi connectivity index (χ4n) is 3.94. The van der Waals surface area contributed by atoms with E-state index in [1.54, 1.807) is 16.3 Å². The first kappa shape index (κ1) is 22.3. The van der Waals surface area contributed by atoms with Crippen molar-refractivity contribution in [1.82, 2.24) is 9.91 Å². The van der Waals surface area contributed by atoms with Crippen molar-refractivity contribution in [2.75, 3.05) is 37.8 Å². The minimum Gasteiger partial charge on any atom is -0.378 e. The zero-order chi connectivity index (χ0) is 21.8. The normalized spacial score (nSPS) is 18.8. The summed E-state index contributed by atoms with van der Waals surface area (Å²) in [4.78, 5) is 18.7. The van der Waals surface area contributed by atoms with E-state index in [2.05, 4.69) is 45.5 Å². The smallest absolute Gasteiger partial charge is 0.253 e. The number of thiocarbonyl (C=S) groups is 1. The number of rotatable bonds is 5. The molecule has 1 amide bonds. The third-order valence-corrected chi connectivity index (χ3v) is 8.13. The summed E-state index contributed by atoms with van der Waals surface area (Å²) < 4.78 is 0.835. The predicted octanol–water partition coefficient (Wildman–Crippen LogP) is 5.00. The Hall–Kier alpha value is -1.90. The summed E-state index contributed by atoms with van der Waals surface area (Å²) >= 11 is 8.74. The van der Waals surface area contributed by atoms with Crippen LogP contribution >= 0.6 is 35.3 Å². The van der Waals surface area contributed by atoms with Crippen molar-refractivity contribution >= 4 is 56.9 Å². The lowest BCUT2D eigenvalue weighted by Crippen LogP contribution is -2.34. The summed E-state index contributed by atoms with van der Waals surface area (Å²) in [5.74, 6) is 0.334. The van der Waals surface area contributed by atoms with Crippen molar-refractivity contribution in [2.45, 2.75) is 31.7 Å². The van der Waals surface area contributed by atoms with Crippen LogP contribution in [0.15, 0.2) is 46.9 Å². The molecule has 2 aromatic rings. The number of thiophene rings is 1. The molecule has 1 aromatic carbocycles. The van der Waals surface area contributed by atoms with Gasteiger partial charge in [-0.1, -0.05) is 42.2 Å². The van der Waals surface area contributed by atoms with Crippen molar-refractivity contribution in [3.8, 4) is 0 Å². The number of amides is 1. The number of hydrogen-bond donors (Lipinski definition) is 0. The average molecular weight is 473 g/mol. The molecule has 8 heteroatoms. The average Bonchev–Trinajstić information content (AvgIpc) is 3.48.